The minimum absolute atomic E-state index is 0.0479. The number of nitrogens with one attached hydrogen (secondary N) is 1. The van der Waals surface area contributed by atoms with Crippen LogP contribution < -0.4 is 11.1 Å². The molecular formula is C15H20N2O. The Balaban J connectivity index is 1.71. The normalized spacial score (nSPS) is 30.2. The highest BCUT2D eigenvalue weighted by Gasteiger charge is 2.31. The number of hydrogen-bond acceptors (Lipinski definition) is 2. The predicted octanol–water partition coefficient (Wildman–Crippen LogP) is 1.71. The van der Waals surface area contributed by atoms with Crippen LogP contribution in [0.15, 0.2) is 24.3 Å². The summed E-state index contributed by atoms with van der Waals surface area (Å²) in [4.78, 5) is 12.3. The molecule has 18 heavy (non-hydrogen) atoms. The number of fused-ring (bicyclic) bond motifs is 1. The molecule has 0 spiro atoms. The van der Waals surface area contributed by atoms with Gasteiger partial charge in [-0.3, -0.25) is 4.79 Å². The summed E-state index contributed by atoms with van der Waals surface area (Å²) in [6, 6.07) is 8.93. The minimum Gasteiger partial charge on any atom is -0.353 e. The Morgan fingerprint density at radius 3 is 2.83 bits per heavy atom. The Morgan fingerprint density at radius 2 is 2.06 bits per heavy atom. The van der Waals surface area contributed by atoms with Crippen LogP contribution in [0.3, 0.4) is 0 Å². The molecule has 1 aromatic rings. The third kappa shape index (κ3) is 2.15. The van der Waals surface area contributed by atoms with Gasteiger partial charge in [0.15, 0.2) is 0 Å². The maximum atomic E-state index is 12.3. The number of nitrogens with two attached hydrogens (primary N) is 1. The van der Waals surface area contributed by atoms with Gasteiger partial charge in [0.05, 0.1) is 5.92 Å². The molecule has 2 aliphatic rings. The van der Waals surface area contributed by atoms with Crippen molar-refractivity contribution < 1.29 is 4.79 Å². The van der Waals surface area contributed by atoms with Crippen molar-refractivity contribution in [3.05, 3.63) is 35.4 Å². The van der Waals surface area contributed by atoms with Crippen molar-refractivity contribution in [2.45, 2.75) is 50.1 Å². The van der Waals surface area contributed by atoms with E-state index < -0.39 is 0 Å². The van der Waals surface area contributed by atoms with Crippen LogP contribution in [0, 0.1) is 0 Å². The molecule has 1 unspecified atom stereocenters. The Kier molecular flexibility index (Phi) is 3.08. The van der Waals surface area contributed by atoms with Crippen molar-refractivity contribution in [1.29, 1.82) is 0 Å². The second-order valence-electron chi connectivity index (χ2n) is 5.58. The maximum absolute atomic E-state index is 12.3. The van der Waals surface area contributed by atoms with Gasteiger partial charge in [0.25, 0.3) is 0 Å². The van der Waals surface area contributed by atoms with Crippen molar-refractivity contribution in [3.8, 4) is 0 Å². The highest BCUT2D eigenvalue weighted by Crippen LogP contribution is 2.32. The first-order valence-electron chi connectivity index (χ1n) is 6.88. The second-order valence-corrected chi connectivity index (χ2v) is 5.58. The van der Waals surface area contributed by atoms with E-state index >= 15 is 0 Å². The van der Waals surface area contributed by atoms with Crippen molar-refractivity contribution in [2.75, 3.05) is 0 Å². The van der Waals surface area contributed by atoms with Gasteiger partial charge in [-0.1, -0.05) is 24.3 Å². The predicted molar refractivity (Wildman–Crippen MR) is 71.3 cm³/mol. The number of hydrogen-bond donors (Lipinski definition) is 2. The molecule has 3 nitrogen and oxygen atoms in total. The number of amides is 1. The lowest BCUT2D eigenvalue weighted by molar-refractivity contribution is -0.124. The second kappa shape index (κ2) is 4.73. The Labute approximate surface area is 108 Å². The Bertz CT molecular complexity index is 452. The molecule has 0 aromatic heterocycles. The molecule has 0 radical (unpaired) electrons. The van der Waals surface area contributed by atoms with E-state index in [-0.39, 0.29) is 17.9 Å². The zero-order valence-electron chi connectivity index (χ0n) is 10.6. The summed E-state index contributed by atoms with van der Waals surface area (Å²) in [7, 11) is 0. The maximum Gasteiger partial charge on any atom is 0.227 e. The summed E-state index contributed by atoms with van der Waals surface area (Å²) in [6.07, 6.45) is 5.05. The highest BCUT2D eigenvalue weighted by atomic mass is 16.1. The molecule has 1 saturated carbocycles. The van der Waals surface area contributed by atoms with Crippen LogP contribution in [0.5, 0.6) is 0 Å². The van der Waals surface area contributed by atoms with Crippen molar-refractivity contribution in [3.63, 3.8) is 0 Å². The van der Waals surface area contributed by atoms with Gasteiger partial charge in [0.1, 0.15) is 0 Å². The lowest BCUT2D eigenvalue weighted by Gasteiger charge is -2.35. The topological polar surface area (TPSA) is 55.1 Å². The number of benzene rings is 1. The van der Waals surface area contributed by atoms with E-state index in [2.05, 4.69) is 23.5 Å². The van der Waals surface area contributed by atoms with E-state index in [9.17, 15) is 4.79 Å². The first-order valence-corrected chi connectivity index (χ1v) is 6.88. The molecule has 2 aliphatic carbocycles. The fourth-order valence-corrected chi connectivity index (χ4v) is 3.11. The first kappa shape index (κ1) is 11.7. The molecule has 0 bridgehead atoms. The molecule has 3 heteroatoms. The summed E-state index contributed by atoms with van der Waals surface area (Å²) in [5, 5.41) is 3.14. The Hall–Kier alpha value is -1.35. The number of carbonyl (C=O) groups is 1. The standard InChI is InChI=1S/C15H20N2O/c16-11-8-12(9-11)17-15(18)14-7-3-5-10-4-1-2-6-13(10)14/h1-2,4,6,11-12,14H,3,5,7-9,16H2,(H,17,18). The summed E-state index contributed by atoms with van der Waals surface area (Å²) < 4.78 is 0. The average Bonchev–Trinajstić information content (AvgIpc) is 2.36. The van der Waals surface area contributed by atoms with Crippen molar-refractivity contribution >= 4 is 5.91 Å². The van der Waals surface area contributed by atoms with E-state index in [1.165, 1.54) is 11.1 Å². The highest BCUT2D eigenvalue weighted by molar-refractivity contribution is 5.84. The van der Waals surface area contributed by atoms with Crippen LogP contribution in [0.25, 0.3) is 0 Å². The van der Waals surface area contributed by atoms with Crippen LogP contribution in [-0.4, -0.2) is 18.0 Å². The van der Waals surface area contributed by atoms with Gasteiger partial charge < -0.3 is 11.1 Å². The smallest absolute Gasteiger partial charge is 0.227 e. The molecule has 0 heterocycles. The van der Waals surface area contributed by atoms with Crippen molar-refractivity contribution in [2.24, 2.45) is 5.73 Å². The number of rotatable bonds is 2. The molecule has 1 aromatic carbocycles. The van der Waals surface area contributed by atoms with Crippen LogP contribution >= 0.6 is 0 Å². The van der Waals surface area contributed by atoms with Gasteiger partial charge in [-0.15, -0.1) is 0 Å². The first-order chi connectivity index (χ1) is 8.74. The van der Waals surface area contributed by atoms with Gasteiger partial charge in [0.2, 0.25) is 5.91 Å². The average molecular weight is 244 g/mol. The summed E-state index contributed by atoms with van der Waals surface area (Å²) in [5.41, 5.74) is 8.32. The van der Waals surface area contributed by atoms with E-state index in [4.69, 9.17) is 5.73 Å². The van der Waals surface area contributed by atoms with Crippen LogP contribution in [0.4, 0.5) is 0 Å². The molecular weight excluding hydrogens is 224 g/mol. The van der Waals surface area contributed by atoms with Crippen LogP contribution in [0.1, 0.15) is 42.7 Å². The van der Waals surface area contributed by atoms with Gasteiger partial charge in [0, 0.05) is 12.1 Å². The number of aryl methyl sites for hydroxylation is 1. The van der Waals surface area contributed by atoms with E-state index in [0.29, 0.717) is 6.04 Å². The molecule has 3 N–H and O–H groups in total. The molecule has 3 rings (SSSR count). The van der Waals surface area contributed by atoms with Crippen LogP contribution in [-0.2, 0) is 11.2 Å². The fourth-order valence-electron chi connectivity index (χ4n) is 3.11. The van der Waals surface area contributed by atoms with Crippen molar-refractivity contribution in [1.82, 2.24) is 5.32 Å². The zero-order chi connectivity index (χ0) is 12.5. The summed E-state index contributed by atoms with van der Waals surface area (Å²) in [6.45, 7) is 0. The van der Waals surface area contributed by atoms with E-state index in [1.807, 2.05) is 6.07 Å². The van der Waals surface area contributed by atoms with Gasteiger partial charge in [-0.2, -0.15) is 0 Å². The largest absolute Gasteiger partial charge is 0.353 e. The third-order valence-electron chi connectivity index (χ3n) is 4.21. The molecule has 1 atom stereocenters. The molecule has 1 amide bonds. The Morgan fingerprint density at radius 1 is 1.28 bits per heavy atom. The van der Waals surface area contributed by atoms with E-state index in [1.54, 1.807) is 0 Å². The van der Waals surface area contributed by atoms with E-state index in [0.717, 1.165) is 32.1 Å². The zero-order valence-corrected chi connectivity index (χ0v) is 10.6. The lowest BCUT2D eigenvalue weighted by atomic mass is 9.81. The fraction of sp³-hybridized carbons (Fsp3) is 0.533. The minimum atomic E-state index is 0.0479. The van der Waals surface area contributed by atoms with Gasteiger partial charge >= 0.3 is 0 Å². The summed E-state index contributed by atoms with van der Waals surface area (Å²) in [5.74, 6) is 0.242. The van der Waals surface area contributed by atoms with Gasteiger partial charge in [-0.05, 0) is 43.2 Å². The molecule has 96 valence electrons. The molecule has 1 fully saturated rings. The van der Waals surface area contributed by atoms with Crippen LogP contribution in [0.2, 0.25) is 0 Å². The number of carbonyl (C=O) groups excluding carboxylic acids is 1. The monoisotopic (exact) mass is 244 g/mol. The quantitative estimate of drug-likeness (QED) is 0.832. The van der Waals surface area contributed by atoms with Gasteiger partial charge in [-0.25, -0.2) is 0 Å². The SMILES string of the molecule is NC1CC(NC(=O)C2CCCc3ccccc32)C1. The lowest BCUT2D eigenvalue weighted by Crippen LogP contribution is -2.51. The summed E-state index contributed by atoms with van der Waals surface area (Å²) >= 11 is 0. The molecule has 0 saturated heterocycles. The third-order valence-corrected chi connectivity index (χ3v) is 4.21. The molecule has 0 aliphatic heterocycles.